The Morgan fingerprint density at radius 1 is 1.39 bits per heavy atom. The molecule has 0 radical (unpaired) electrons. The van der Waals surface area contributed by atoms with E-state index in [1.54, 1.807) is 0 Å². The van der Waals surface area contributed by atoms with Crippen molar-refractivity contribution in [1.82, 2.24) is 16.0 Å². The van der Waals surface area contributed by atoms with Gasteiger partial charge in [-0.25, -0.2) is 0 Å². The van der Waals surface area contributed by atoms with E-state index in [1.165, 1.54) is 11.1 Å². The molecule has 4 nitrogen and oxygen atoms in total. The van der Waals surface area contributed by atoms with Crippen molar-refractivity contribution < 1.29 is 4.79 Å². The lowest BCUT2D eigenvalue weighted by atomic mass is 10.0. The molecule has 1 aromatic rings. The molecule has 1 aromatic carbocycles. The highest BCUT2D eigenvalue weighted by molar-refractivity contribution is 5.82. The summed E-state index contributed by atoms with van der Waals surface area (Å²) in [5.74, 6) is 0.0675. The van der Waals surface area contributed by atoms with Gasteiger partial charge in [0.05, 0.1) is 12.1 Å². The highest BCUT2D eigenvalue weighted by Gasteiger charge is 2.22. The van der Waals surface area contributed by atoms with Gasteiger partial charge in [0, 0.05) is 19.6 Å². The molecule has 1 saturated heterocycles. The summed E-state index contributed by atoms with van der Waals surface area (Å²) >= 11 is 0. The van der Waals surface area contributed by atoms with E-state index in [4.69, 9.17) is 0 Å². The number of carbonyl (C=O) groups is 1. The van der Waals surface area contributed by atoms with Crippen LogP contribution in [0.5, 0.6) is 0 Å². The van der Waals surface area contributed by atoms with Crippen LogP contribution in [0.25, 0.3) is 0 Å². The summed E-state index contributed by atoms with van der Waals surface area (Å²) in [6.45, 7) is 6.56. The van der Waals surface area contributed by atoms with Crippen LogP contribution in [0, 0.1) is 6.92 Å². The molecule has 98 valence electrons. The summed E-state index contributed by atoms with van der Waals surface area (Å²) in [5, 5.41) is 9.50. The van der Waals surface area contributed by atoms with Crippen molar-refractivity contribution in [1.29, 1.82) is 0 Å². The van der Waals surface area contributed by atoms with Crippen LogP contribution in [-0.4, -0.2) is 31.6 Å². The summed E-state index contributed by atoms with van der Waals surface area (Å²) in [6, 6.07) is 8.07. The molecule has 2 atom stereocenters. The zero-order valence-corrected chi connectivity index (χ0v) is 11.0. The van der Waals surface area contributed by atoms with Crippen molar-refractivity contribution >= 4 is 5.91 Å². The molecule has 0 bridgehead atoms. The van der Waals surface area contributed by atoms with E-state index in [9.17, 15) is 4.79 Å². The Balaban J connectivity index is 1.96. The van der Waals surface area contributed by atoms with Crippen LogP contribution in [0.1, 0.15) is 24.1 Å². The maximum absolute atomic E-state index is 12.1. The minimum atomic E-state index is -0.120. The fourth-order valence-corrected chi connectivity index (χ4v) is 2.30. The molecular formula is C14H21N3O. The van der Waals surface area contributed by atoms with Gasteiger partial charge in [-0.2, -0.15) is 0 Å². The van der Waals surface area contributed by atoms with Gasteiger partial charge >= 0.3 is 0 Å². The van der Waals surface area contributed by atoms with Gasteiger partial charge in [-0.15, -0.1) is 0 Å². The van der Waals surface area contributed by atoms with Crippen molar-refractivity contribution in [2.24, 2.45) is 0 Å². The van der Waals surface area contributed by atoms with Crippen molar-refractivity contribution in [3.8, 4) is 0 Å². The van der Waals surface area contributed by atoms with Crippen molar-refractivity contribution in [2.75, 3.05) is 19.6 Å². The predicted octanol–water partition coefficient (Wildman–Crippen LogP) is 0.734. The zero-order valence-electron chi connectivity index (χ0n) is 11.0. The van der Waals surface area contributed by atoms with Crippen LogP contribution >= 0.6 is 0 Å². The second-order valence-corrected chi connectivity index (χ2v) is 4.80. The Bertz CT molecular complexity index is 413. The Hall–Kier alpha value is -1.39. The van der Waals surface area contributed by atoms with Crippen molar-refractivity contribution in [3.63, 3.8) is 0 Å². The Labute approximate surface area is 108 Å². The van der Waals surface area contributed by atoms with E-state index >= 15 is 0 Å². The first kappa shape index (κ1) is 13.1. The normalized spacial score (nSPS) is 21.3. The van der Waals surface area contributed by atoms with Gasteiger partial charge in [-0.3, -0.25) is 4.79 Å². The fraction of sp³-hybridized carbons (Fsp3) is 0.500. The Kier molecular flexibility index (Phi) is 4.33. The molecule has 0 aromatic heterocycles. The number of carbonyl (C=O) groups excluding carboxylic acids is 1. The first-order valence-corrected chi connectivity index (χ1v) is 6.48. The number of nitrogens with one attached hydrogen (secondary N) is 3. The zero-order chi connectivity index (χ0) is 13.0. The van der Waals surface area contributed by atoms with E-state index in [0.29, 0.717) is 6.54 Å². The molecule has 3 N–H and O–H groups in total. The van der Waals surface area contributed by atoms with Crippen molar-refractivity contribution in [2.45, 2.75) is 25.9 Å². The number of piperazine rings is 1. The number of amides is 1. The smallest absolute Gasteiger partial charge is 0.238 e. The molecule has 0 spiro atoms. The molecule has 1 aliphatic heterocycles. The van der Waals surface area contributed by atoms with Crippen LogP contribution in [0.2, 0.25) is 0 Å². The highest BCUT2D eigenvalue weighted by Crippen LogP contribution is 2.16. The van der Waals surface area contributed by atoms with E-state index in [-0.39, 0.29) is 18.0 Å². The molecular weight excluding hydrogens is 226 g/mol. The number of hydrogen-bond acceptors (Lipinski definition) is 3. The second-order valence-electron chi connectivity index (χ2n) is 4.80. The van der Waals surface area contributed by atoms with Gasteiger partial charge in [-0.05, 0) is 25.0 Å². The average Bonchev–Trinajstić information content (AvgIpc) is 2.40. The molecule has 4 heteroatoms. The first-order valence-electron chi connectivity index (χ1n) is 6.48. The lowest BCUT2D eigenvalue weighted by molar-refractivity contribution is -0.124. The maximum Gasteiger partial charge on any atom is 0.238 e. The van der Waals surface area contributed by atoms with Crippen LogP contribution < -0.4 is 16.0 Å². The number of hydrogen-bond donors (Lipinski definition) is 3. The van der Waals surface area contributed by atoms with E-state index in [1.807, 2.05) is 19.1 Å². The summed E-state index contributed by atoms with van der Waals surface area (Å²) in [6.07, 6.45) is 0. The van der Waals surface area contributed by atoms with Crippen LogP contribution in [-0.2, 0) is 4.79 Å². The monoisotopic (exact) mass is 247 g/mol. The average molecular weight is 247 g/mol. The van der Waals surface area contributed by atoms with Gasteiger partial charge in [0.15, 0.2) is 0 Å². The number of aryl methyl sites for hydroxylation is 1. The fourth-order valence-electron chi connectivity index (χ4n) is 2.30. The summed E-state index contributed by atoms with van der Waals surface area (Å²) in [5.41, 5.74) is 2.38. The van der Waals surface area contributed by atoms with Gasteiger partial charge in [0.1, 0.15) is 0 Å². The maximum atomic E-state index is 12.1. The molecule has 2 rings (SSSR count). The number of benzene rings is 1. The summed E-state index contributed by atoms with van der Waals surface area (Å²) in [4.78, 5) is 12.1. The third kappa shape index (κ3) is 3.09. The Morgan fingerprint density at radius 2 is 2.17 bits per heavy atom. The molecule has 1 amide bonds. The van der Waals surface area contributed by atoms with Crippen molar-refractivity contribution in [3.05, 3.63) is 35.4 Å². The van der Waals surface area contributed by atoms with Gasteiger partial charge in [-0.1, -0.05) is 24.3 Å². The van der Waals surface area contributed by atoms with Crippen LogP contribution in [0.4, 0.5) is 0 Å². The number of rotatable bonds is 3. The van der Waals surface area contributed by atoms with Crippen LogP contribution in [0.3, 0.4) is 0 Å². The SMILES string of the molecule is Cc1ccccc1C(C)NC(=O)C1CNCCN1. The quantitative estimate of drug-likeness (QED) is 0.738. The van der Waals surface area contributed by atoms with Gasteiger partial charge in [0.25, 0.3) is 0 Å². The topological polar surface area (TPSA) is 53.2 Å². The van der Waals surface area contributed by atoms with Crippen LogP contribution in [0.15, 0.2) is 24.3 Å². The third-order valence-electron chi connectivity index (χ3n) is 3.37. The van der Waals surface area contributed by atoms with Gasteiger partial charge < -0.3 is 16.0 Å². The molecule has 1 heterocycles. The molecule has 1 aliphatic rings. The minimum Gasteiger partial charge on any atom is -0.348 e. The third-order valence-corrected chi connectivity index (χ3v) is 3.37. The van der Waals surface area contributed by atoms with E-state index in [0.717, 1.165) is 13.1 Å². The molecule has 0 saturated carbocycles. The predicted molar refractivity (Wildman–Crippen MR) is 72.4 cm³/mol. The lowest BCUT2D eigenvalue weighted by Gasteiger charge is -2.26. The minimum absolute atomic E-state index is 0.0439. The lowest BCUT2D eigenvalue weighted by Crippen LogP contribution is -2.55. The second kappa shape index (κ2) is 5.98. The highest BCUT2D eigenvalue weighted by atomic mass is 16.2. The van der Waals surface area contributed by atoms with Gasteiger partial charge in [0.2, 0.25) is 5.91 Å². The molecule has 1 fully saturated rings. The molecule has 0 aliphatic carbocycles. The standard InChI is InChI=1S/C14H21N3O/c1-10-5-3-4-6-12(10)11(2)17-14(18)13-9-15-7-8-16-13/h3-6,11,13,15-16H,7-9H2,1-2H3,(H,17,18). The largest absolute Gasteiger partial charge is 0.348 e. The van der Waals surface area contributed by atoms with E-state index in [2.05, 4.69) is 35.0 Å². The summed E-state index contributed by atoms with van der Waals surface area (Å²) < 4.78 is 0. The Morgan fingerprint density at radius 3 is 2.83 bits per heavy atom. The summed E-state index contributed by atoms with van der Waals surface area (Å²) in [7, 11) is 0. The van der Waals surface area contributed by atoms with E-state index < -0.39 is 0 Å². The molecule has 2 unspecified atom stereocenters. The first-order chi connectivity index (χ1) is 8.68. The molecule has 18 heavy (non-hydrogen) atoms.